The van der Waals surface area contributed by atoms with E-state index < -0.39 is 11.7 Å². The minimum absolute atomic E-state index is 0.347. The van der Waals surface area contributed by atoms with Crippen LogP contribution in [0.4, 0.5) is 18.9 Å². The average Bonchev–Trinajstić information content (AvgIpc) is 2.38. The van der Waals surface area contributed by atoms with E-state index in [2.05, 4.69) is 0 Å². The molecule has 0 spiro atoms. The van der Waals surface area contributed by atoms with E-state index in [-0.39, 0.29) is 0 Å². The summed E-state index contributed by atoms with van der Waals surface area (Å²) in [7, 11) is 0. The molecule has 1 aliphatic heterocycles. The highest BCUT2D eigenvalue weighted by Crippen LogP contribution is 2.38. The summed E-state index contributed by atoms with van der Waals surface area (Å²) in [5.74, 6) is 0. The van der Waals surface area contributed by atoms with Crippen molar-refractivity contribution in [2.24, 2.45) is 0 Å². The van der Waals surface area contributed by atoms with Gasteiger partial charge >= 0.3 is 6.18 Å². The van der Waals surface area contributed by atoms with Crippen LogP contribution in [0.1, 0.15) is 37.3 Å². The minimum Gasteiger partial charge on any atom is -0.371 e. The van der Waals surface area contributed by atoms with Crippen molar-refractivity contribution in [1.82, 2.24) is 0 Å². The van der Waals surface area contributed by atoms with E-state index >= 15 is 0 Å². The summed E-state index contributed by atoms with van der Waals surface area (Å²) in [6, 6.07) is 4.73. The van der Waals surface area contributed by atoms with Crippen molar-refractivity contribution in [3.63, 3.8) is 0 Å². The second-order valence-corrected chi connectivity index (χ2v) is 4.75. The molecule has 0 saturated carbocycles. The Balaban J connectivity index is 2.38. The van der Waals surface area contributed by atoms with E-state index in [9.17, 15) is 13.2 Å². The van der Waals surface area contributed by atoms with Gasteiger partial charge in [0.2, 0.25) is 0 Å². The molecule has 18 heavy (non-hydrogen) atoms. The van der Waals surface area contributed by atoms with E-state index in [0.29, 0.717) is 12.1 Å². The molecule has 0 radical (unpaired) electrons. The fourth-order valence-corrected chi connectivity index (χ4v) is 2.44. The van der Waals surface area contributed by atoms with Crippen molar-refractivity contribution in [2.75, 3.05) is 18.0 Å². The van der Waals surface area contributed by atoms with E-state index in [4.69, 9.17) is 0 Å². The zero-order valence-corrected chi connectivity index (χ0v) is 10.6. The number of anilines is 1. The number of halogens is 3. The summed E-state index contributed by atoms with van der Waals surface area (Å²) in [5, 5.41) is 0. The van der Waals surface area contributed by atoms with Gasteiger partial charge in [0.15, 0.2) is 0 Å². The number of hydrogen-bond donors (Lipinski definition) is 0. The molecular weight excluding hydrogens is 239 g/mol. The number of aryl methyl sites for hydroxylation is 1. The summed E-state index contributed by atoms with van der Waals surface area (Å²) in [4.78, 5) is 1.87. The van der Waals surface area contributed by atoms with Crippen LogP contribution in [0.3, 0.4) is 0 Å². The maximum atomic E-state index is 13.1. The minimum atomic E-state index is -4.27. The van der Waals surface area contributed by atoms with Gasteiger partial charge in [-0.3, -0.25) is 0 Å². The number of piperidine rings is 1. The lowest BCUT2D eigenvalue weighted by molar-refractivity contribution is -0.137. The molecule has 4 heteroatoms. The van der Waals surface area contributed by atoms with Crippen LogP contribution in [-0.4, -0.2) is 13.1 Å². The third kappa shape index (κ3) is 2.79. The molecule has 1 fully saturated rings. The Labute approximate surface area is 106 Å². The van der Waals surface area contributed by atoms with Gasteiger partial charge in [-0.2, -0.15) is 13.2 Å². The van der Waals surface area contributed by atoms with Crippen LogP contribution in [0.5, 0.6) is 0 Å². The number of alkyl halides is 3. The summed E-state index contributed by atoms with van der Waals surface area (Å²) in [6.07, 6.45) is -0.564. The first kappa shape index (κ1) is 13.2. The molecule has 0 N–H and O–H groups in total. The second-order valence-electron chi connectivity index (χ2n) is 4.75. The van der Waals surface area contributed by atoms with Crippen LogP contribution in [0.15, 0.2) is 18.2 Å². The van der Waals surface area contributed by atoms with Gasteiger partial charge in [-0.25, -0.2) is 0 Å². The molecule has 1 heterocycles. The lowest BCUT2D eigenvalue weighted by atomic mass is 10.0. The topological polar surface area (TPSA) is 3.24 Å². The average molecular weight is 257 g/mol. The van der Waals surface area contributed by atoms with Crippen LogP contribution in [-0.2, 0) is 12.6 Å². The summed E-state index contributed by atoms with van der Waals surface area (Å²) < 4.78 is 39.3. The standard InChI is InChI=1S/C14H18F3N/c1-2-11-6-7-13(12(10-11)14(15,16)17)18-8-4-3-5-9-18/h6-7,10H,2-5,8-9H2,1H3. The third-order valence-corrected chi connectivity index (χ3v) is 3.47. The molecule has 1 nitrogen and oxygen atoms in total. The van der Waals surface area contributed by atoms with Gasteiger partial charge in [-0.15, -0.1) is 0 Å². The van der Waals surface area contributed by atoms with Crippen LogP contribution < -0.4 is 4.90 Å². The van der Waals surface area contributed by atoms with Crippen LogP contribution in [0, 0.1) is 0 Å². The number of nitrogens with zero attached hydrogens (tertiary/aromatic N) is 1. The van der Waals surface area contributed by atoms with Crippen molar-refractivity contribution in [3.8, 4) is 0 Å². The normalized spacial score (nSPS) is 17.0. The van der Waals surface area contributed by atoms with Crippen molar-refractivity contribution in [2.45, 2.75) is 38.8 Å². The highest BCUT2D eigenvalue weighted by atomic mass is 19.4. The van der Waals surface area contributed by atoms with E-state index in [1.54, 1.807) is 12.1 Å². The molecule has 1 aromatic rings. The monoisotopic (exact) mass is 257 g/mol. The molecule has 1 aromatic carbocycles. The van der Waals surface area contributed by atoms with Crippen LogP contribution in [0.2, 0.25) is 0 Å². The zero-order chi connectivity index (χ0) is 13.2. The van der Waals surface area contributed by atoms with Gasteiger partial charge in [0.1, 0.15) is 0 Å². The van der Waals surface area contributed by atoms with Crippen molar-refractivity contribution in [3.05, 3.63) is 29.3 Å². The SMILES string of the molecule is CCc1ccc(N2CCCCC2)c(C(F)(F)F)c1. The molecule has 2 rings (SSSR count). The predicted molar refractivity (Wildman–Crippen MR) is 66.9 cm³/mol. The molecule has 0 amide bonds. The first-order valence-corrected chi connectivity index (χ1v) is 6.47. The number of rotatable bonds is 2. The largest absolute Gasteiger partial charge is 0.418 e. The molecular formula is C14H18F3N. The fourth-order valence-electron chi connectivity index (χ4n) is 2.44. The molecule has 0 unspecified atom stereocenters. The van der Waals surface area contributed by atoms with E-state index in [0.717, 1.165) is 37.9 Å². The van der Waals surface area contributed by atoms with Gasteiger partial charge in [0.25, 0.3) is 0 Å². The Morgan fingerprint density at radius 2 is 1.78 bits per heavy atom. The summed E-state index contributed by atoms with van der Waals surface area (Å²) in [6.45, 7) is 3.33. The Bertz CT molecular complexity index is 406. The summed E-state index contributed by atoms with van der Waals surface area (Å²) >= 11 is 0. The zero-order valence-electron chi connectivity index (χ0n) is 10.6. The Kier molecular flexibility index (Phi) is 3.83. The summed E-state index contributed by atoms with van der Waals surface area (Å²) in [5.41, 5.74) is 0.603. The van der Waals surface area contributed by atoms with Crippen LogP contribution >= 0.6 is 0 Å². The molecule has 0 aromatic heterocycles. The van der Waals surface area contributed by atoms with Gasteiger partial charge in [0, 0.05) is 18.8 Å². The second kappa shape index (κ2) is 5.21. The molecule has 0 aliphatic carbocycles. The third-order valence-electron chi connectivity index (χ3n) is 3.47. The Hall–Kier alpha value is -1.19. The van der Waals surface area contributed by atoms with Crippen molar-refractivity contribution in [1.29, 1.82) is 0 Å². The quantitative estimate of drug-likeness (QED) is 0.765. The first-order chi connectivity index (χ1) is 8.52. The highest BCUT2D eigenvalue weighted by molar-refractivity contribution is 5.56. The van der Waals surface area contributed by atoms with E-state index in [1.165, 1.54) is 6.07 Å². The van der Waals surface area contributed by atoms with E-state index in [1.807, 2.05) is 11.8 Å². The molecule has 1 saturated heterocycles. The molecule has 0 atom stereocenters. The van der Waals surface area contributed by atoms with Gasteiger partial charge in [-0.05, 0) is 43.4 Å². The van der Waals surface area contributed by atoms with Crippen LogP contribution in [0.25, 0.3) is 0 Å². The maximum Gasteiger partial charge on any atom is 0.418 e. The van der Waals surface area contributed by atoms with Gasteiger partial charge in [-0.1, -0.05) is 13.0 Å². The Morgan fingerprint density at radius 1 is 1.11 bits per heavy atom. The molecule has 100 valence electrons. The smallest absolute Gasteiger partial charge is 0.371 e. The number of benzene rings is 1. The van der Waals surface area contributed by atoms with Crippen molar-refractivity contribution >= 4 is 5.69 Å². The predicted octanol–water partition coefficient (Wildman–Crippen LogP) is 4.26. The van der Waals surface area contributed by atoms with Gasteiger partial charge < -0.3 is 4.90 Å². The number of hydrogen-bond acceptors (Lipinski definition) is 1. The van der Waals surface area contributed by atoms with Gasteiger partial charge in [0.05, 0.1) is 5.56 Å². The first-order valence-electron chi connectivity index (χ1n) is 6.47. The molecule has 0 bridgehead atoms. The highest BCUT2D eigenvalue weighted by Gasteiger charge is 2.35. The Morgan fingerprint density at radius 3 is 2.33 bits per heavy atom. The lowest BCUT2D eigenvalue weighted by Crippen LogP contribution is -2.31. The maximum absolute atomic E-state index is 13.1. The fraction of sp³-hybridized carbons (Fsp3) is 0.571. The lowest BCUT2D eigenvalue weighted by Gasteiger charge is -2.31. The molecule has 1 aliphatic rings. The van der Waals surface area contributed by atoms with Crippen molar-refractivity contribution < 1.29 is 13.2 Å².